The number of carbonyl (C=O) groups is 3. The van der Waals surface area contributed by atoms with Gasteiger partial charge in [-0.3, -0.25) is 31.9 Å². The first-order chi connectivity index (χ1) is 39.4. The molecule has 5 heterocycles. The van der Waals surface area contributed by atoms with Crippen LogP contribution >= 0.6 is 0 Å². The van der Waals surface area contributed by atoms with Gasteiger partial charge >= 0.3 is 90.5 Å². The number of nitrogens with one attached hydrogen (secondary N) is 2. The predicted octanol–water partition coefficient (Wildman–Crippen LogP) is -13.7. The summed E-state index contributed by atoms with van der Waals surface area (Å²) in [6, 6.07) is -5.91. The summed E-state index contributed by atoms with van der Waals surface area (Å²) in [5, 5.41) is 107. The molecular weight excluding hydrogens is 1380 g/mol. The Hall–Kier alpha value is -3.14. The number of hydrogen-bond donors (Lipinski definition) is 19. The van der Waals surface area contributed by atoms with Crippen molar-refractivity contribution in [3.8, 4) is 0 Å². The van der Waals surface area contributed by atoms with Gasteiger partial charge in [0.15, 0.2) is 68.1 Å². The van der Waals surface area contributed by atoms with Gasteiger partial charge in [-0.1, -0.05) is 0 Å². The summed E-state index contributed by atoms with van der Waals surface area (Å²) in [6.45, 7) is -3.71. The number of aliphatic hydroxyl groups is 7. The zero-order chi connectivity index (χ0) is 66.4. The molecule has 25 atom stereocenters. The maximum Gasteiger partial charge on any atom is 0.397 e. The summed E-state index contributed by atoms with van der Waals surface area (Å²) in [5.41, 5.74) is 0. The van der Waals surface area contributed by atoms with Crippen molar-refractivity contribution in [1.82, 2.24) is 9.44 Å². The molecule has 19 N–H and O–H groups in total. The van der Waals surface area contributed by atoms with E-state index in [-0.39, 0.29) is 0 Å². The normalized spacial score (nSPS) is 39.6. The molecule has 50 nitrogen and oxygen atoms in total. The van der Waals surface area contributed by atoms with E-state index >= 15 is 0 Å². The SMILES string of the molecule is O=C(O)[C@@H]1O[C@H](O[C@H]2[C@H](O)[C@@H](NS(=O)(=O)O)[C@@H](O[C@H]3[C@H](O)[C@@H](OS(=O)(=O)O)[C@H](O[C@H]4[C@H](O)[C@@H](NS(=O)(=O)O)[C@@H](O[C@H]5[C@H](O)[C@@H](OS(=O)(=O)O)[C@H](O)O[C@H]5C(=O)O)O[C@@H]4COS(=O)(=O)O)O[C@H]3C(=O)O)O[C@@H]2COS(=O)(=O)O)[C@H](OS(=O)(=O)O)[C@@H](O)[C@@H]1O. The van der Waals surface area contributed by atoms with Crippen LogP contribution in [0, 0.1) is 0 Å². The van der Waals surface area contributed by atoms with Crippen molar-refractivity contribution in [2.75, 3.05) is 13.2 Å². The summed E-state index contributed by atoms with van der Waals surface area (Å²) < 4.78 is 305. The second-order valence-corrected chi connectivity index (χ2v) is 25.6. The lowest BCUT2D eigenvalue weighted by atomic mass is 9.94. The number of aliphatic carboxylic acids is 3. The Balaban J connectivity index is 1.59. The van der Waals surface area contributed by atoms with Crippen molar-refractivity contribution >= 4 is 90.5 Å². The number of carboxylic acid groups (broad SMARTS) is 3. The van der Waals surface area contributed by atoms with E-state index in [4.69, 9.17) is 37.9 Å². The Morgan fingerprint density at radius 2 is 0.655 bits per heavy atom. The molecule has 5 aliphatic rings. The number of carboxylic acids is 3. The molecule has 0 aromatic carbocycles. The van der Waals surface area contributed by atoms with Crippen molar-refractivity contribution in [3.05, 3.63) is 0 Å². The van der Waals surface area contributed by atoms with Crippen LogP contribution in [0.25, 0.3) is 0 Å². The molecule has 0 spiro atoms. The summed E-state index contributed by atoms with van der Waals surface area (Å²) in [7, 11) is -41.2. The molecule has 0 bridgehead atoms. The molecule has 5 saturated heterocycles. The highest BCUT2D eigenvalue weighted by Crippen LogP contribution is 2.38. The topological polar surface area (TPSA) is 787 Å². The molecule has 0 unspecified atom stereocenters. The van der Waals surface area contributed by atoms with Gasteiger partial charge in [-0.2, -0.15) is 68.4 Å². The summed E-state index contributed by atoms with van der Waals surface area (Å²) in [6.07, 6.45) is -67.9. The quantitative estimate of drug-likeness (QED) is 0.0340. The smallest absolute Gasteiger partial charge is 0.397 e. The van der Waals surface area contributed by atoms with Crippen LogP contribution < -0.4 is 9.44 Å². The highest BCUT2D eigenvalue weighted by molar-refractivity contribution is 7.84. The standard InChI is InChI=1S/C30H48N2O48S7/c33-7-6(32-82(49,50)51)28(70-3(1-67-83(52,53)54)13(7)72-29-19(79-86(61,62)63)10(36)9(35)17(76-29)23(39)40)75-16-12(38)20(80-87(64,65)66)30(77-22(16)25(43)44)73-14-4(2-68-84(55,56)57)69-27(5(8(14)34)31-81(46,47)48)74-15-11(37)18(78-85(58,59)60)26(45)71-21(15)24(41)42/h3-22,26-38,45H,1-2H2,(H,39,40)(H,41,42)(H,43,44)(H,46,47,48)(H,49,50,51)(H,52,53,54)(H,55,56,57)(H,58,59,60)(H,61,62,63)(H,64,65,66)/t3-,4-,5-,6-,7-,8-,9+,10+,11+,12+,13-,14-,15+,16+,17-,18-,19-,20-,21-,22-,26-,27-,28-,29+,30-/m1/s1. The number of ether oxygens (including phenoxy) is 9. The molecule has 508 valence electrons. The third-order valence-electron chi connectivity index (χ3n) is 11.9. The second kappa shape index (κ2) is 28.0. The summed E-state index contributed by atoms with van der Waals surface area (Å²) in [4.78, 5) is 37.1. The van der Waals surface area contributed by atoms with Gasteiger partial charge in [0.1, 0.15) is 85.3 Å². The summed E-state index contributed by atoms with van der Waals surface area (Å²) >= 11 is 0. The van der Waals surface area contributed by atoms with Crippen LogP contribution in [0.5, 0.6) is 0 Å². The van der Waals surface area contributed by atoms with Gasteiger partial charge in [-0.25, -0.2) is 35.3 Å². The van der Waals surface area contributed by atoms with Crippen molar-refractivity contribution < 1.29 is 220 Å². The van der Waals surface area contributed by atoms with Crippen LogP contribution in [-0.2, 0) is 151 Å². The lowest BCUT2D eigenvalue weighted by molar-refractivity contribution is -0.372. The molecule has 5 fully saturated rings. The first kappa shape index (κ1) is 74.6. The van der Waals surface area contributed by atoms with E-state index in [2.05, 4.69) is 25.7 Å². The van der Waals surface area contributed by atoms with Crippen molar-refractivity contribution in [2.24, 2.45) is 0 Å². The van der Waals surface area contributed by atoms with E-state index in [1.165, 1.54) is 9.44 Å². The van der Waals surface area contributed by atoms with E-state index < -0.39 is 257 Å². The maximum absolute atomic E-state index is 13.0. The Morgan fingerprint density at radius 1 is 0.345 bits per heavy atom. The summed E-state index contributed by atoms with van der Waals surface area (Å²) in [5.74, 6) is -7.00. The minimum Gasteiger partial charge on any atom is -0.479 e. The van der Waals surface area contributed by atoms with Gasteiger partial charge in [0.25, 0.3) is 0 Å². The van der Waals surface area contributed by atoms with Gasteiger partial charge in [-0.15, -0.1) is 0 Å². The van der Waals surface area contributed by atoms with Gasteiger partial charge < -0.3 is 93.7 Å². The van der Waals surface area contributed by atoms with Crippen molar-refractivity contribution in [3.63, 3.8) is 0 Å². The fourth-order valence-corrected chi connectivity index (χ4v) is 11.8. The minimum atomic E-state index is -6.23. The minimum absolute atomic E-state index is 1.17. The first-order valence-corrected chi connectivity index (χ1v) is 32.1. The molecule has 5 aliphatic heterocycles. The van der Waals surface area contributed by atoms with E-state index in [1.54, 1.807) is 0 Å². The van der Waals surface area contributed by atoms with E-state index in [0.29, 0.717) is 0 Å². The fraction of sp³-hybridized carbons (Fsp3) is 0.900. The van der Waals surface area contributed by atoms with Crippen molar-refractivity contribution in [2.45, 2.75) is 153 Å². The number of hydrogen-bond acceptors (Lipinski definition) is 38. The van der Waals surface area contributed by atoms with Gasteiger partial charge in [0.05, 0.1) is 13.2 Å². The molecule has 0 amide bonds. The van der Waals surface area contributed by atoms with Gasteiger partial charge in [0.2, 0.25) is 0 Å². The Labute approximate surface area is 484 Å². The molecule has 0 radical (unpaired) electrons. The highest BCUT2D eigenvalue weighted by atomic mass is 32.3. The Bertz CT molecular complexity index is 3280. The van der Waals surface area contributed by atoms with Crippen LogP contribution in [0.15, 0.2) is 0 Å². The Kier molecular flexibility index (Phi) is 24.0. The first-order valence-electron chi connectivity index (χ1n) is 22.4. The number of rotatable bonds is 27. The third-order valence-corrected chi connectivity index (χ3v) is 15.3. The van der Waals surface area contributed by atoms with Crippen LogP contribution in [-0.4, -0.2) is 326 Å². The largest absolute Gasteiger partial charge is 0.479 e. The molecule has 0 aliphatic carbocycles. The van der Waals surface area contributed by atoms with Crippen LogP contribution in [0.3, 0.4) is 0 Å². The zero-order valence-electron chi connectivity index (χ0n) is 41.5. The van der Waals surface area contributed by atoms with Gasteiger partial charge in [0, 0.05) is 0 Å². The second-order valence-electron chi connectivity index (χ2n) is 17.9. The average molecular weight is 1430 g/mol. The molecule has 0 saturated carbocycles. The van der Waals surface area contributed by atoms with Crippen molar-refractivity contribution in [1.29, 1.82) is 0 Å². The molecule has 0 aromatic rings. The lowest BCUT2D eigenvalue weighted by Gasteiger charge is -2.50. The monoisotopic (exact) mass is 1430 g/mol. The fourth-order valence-electron chi connectivity index (χ4n) is 8.56. The zero-order valence-corrected chi connectivity index (χ0v) is 47.2. The number of aliphatic hydroxyl groups excluding tert-OH is 7. The molecule has 5 rings (SSSR count). The predicted molar refractivity (Wildman–Crippen MR) is 245 cm³/mol. The van der Waals surface area contributed by atoms with Gasteiger partial charge in [-0.05, 0) is 0 Å². The van der Waals surface area contributed by atoms with Crippen LogP contribution in [0.4, 0.5) is 0 Å². The third kappa shape index (κ3) is 20.7. The molecule has 0 aromatic heterocycles. The molecule has 87 heavy (non-hydrogen) atoms. The van der Waals surface area contributed by atoms with Crippen LogP contribution in [0.2, 0.25) is 0 Å². The molecular formula is C30H48N2O48S7. The van der Waals surface area contributed by atoms with E-state index in [0.717, 1.165) is 0 Å². The average Bonchev–Trinajstić information content (AvgIpc) is 0.897. The van der Waals surface area contributed by atoms with Crippen LogP contribution in [0.1, 0.15) is 0 Å². The van der Waals surface area contributed by atoms with E-state index in [1.807, 2.05) is 0 Å². The lowest BCUT2D eigenvalue weighted by Crippen LogP contribution is -2.71. The highest BCUT2D eigenvalue weighted by Gasteiger charge is 2.61. The Morgan fingerprint density at radius 3 is 0.989 bits per heavy atom. The molecule has 57 heteroatoms. The maximum atomic E-state index is 13.0. The van der Waals surface area contributed by atoms with E-state index in [9.17, 15) is 156 Å².